The minimum atomic E-state index is -0.821. The van der Waals surface area contributed by atoms with Gasteiger partial charge in [-0.2, -0.15) is 0 Å². The van der Waals surface area contributed by atoms with Gasteiger partial charge in [-0.1, -0.05) is 39.0 Å². The number of nitrogens with zero attached hydrogens (tertiary/aromatic N) is 1. The number of aliphatic carboxylic acids is 1. The molecule has 1 aromatic carbocycles. The van der Waals surface area contributed by atoms with Crippen LogP contribution in [0.5, 0.6) is 0 Å². The predicted octanol–water partition coefficient (Wildman–Crippen LogP) is 2.52. The first-order valence-electron chi connectivity index (χ1n) is 8.22. The van der Waals surface area contributed by atoms with Gasteiger partial charge in [0.05, 0.1) is 5.92 Å². The summed E-state index contributed by atoms with van der Waals surface area (Å²) in [7, 11) is 0. The molecule has 5 heteroatoms. The van der Waals surface area contributed by atoms with Crippen molar-refractivity contribution in [2.75, 3.05) is 18.0 Å². The first-order chi connectivity index (χ1) is 10.9. The fourth-order valence-electron chi connectivity index (χ4n) is 3.45. The van der Waals surface area contributed by atoms with Gasteiger partial charge < -0.3 is 15.3 Å². The Kier molecular flexibility index (Phi) is 5.42. The third kappa shape index (κ3) is 3.39. The summed E-state index contributed by atoms with van der Waals surface area (Å²) in [5.74, 6) is -1.33. The highest BCUT2D eigenvalue weighted by atomic mass is 16.4. The summed E-state index contributed by atoms with van der Waals surface area (Å²) in [6.45, 7) is 6.93. The number of hydrogen-bond acceptors (Lipinski definition) is 3. The number of piperidine rings is 1. The topological polar surface area (TPSA) is 69.6 Å². The van der Waals surface area contributed by atoms with Crippen LogP contribution in [0.2, 0.25) is 0 Å². The van der Waals surface area contributed by atoms with E-state index in [1.807, 2.05) is 49.1 Å². The van der Waals surface area contributed by atoms with E-state index in [2.05, 4.69) is 5.32 Å². The van der Waals surface area contributed by atoms with Gasteiger partial charge in [-0.25, -0.2) is 0 Å². The number of benzene rings is 1. The lowest BCUT2D eigenvalue weighted by Gasteiger charge is -2.49. The molecule has 1 aliphatic rings. The summed E-state index contributed by atoms with van der Waals surface area (Å²) in [6, 6.07) is 9.43. The van der Waals surface area contributed by atoms with Crippen molar-refractivity contribution in [2.24, 2.45) is 11.3 Å². The van der Waals surface area contributed by atoms with Gasteiger partial charge in [0, 0.05) is 30.1 Å². The van der Waals surface area contributed by atoms with Gasteiger partial charge in [-0.3, -0.25) is 9.59 Å². The van der Waals surface area contributed by atoms with E-state index in [-0.39, 0.29) is 11.9 Å². The summed E-state index contributed by atoms with van der Waals surface area (Å²) in [4.78, 5) is 26.1. The Labute approximate surface area is 137 Å². The van der Waals surface area contributed by atoms with E-state index in [4.69, 9.17) is 0 Å². The van der Waals surface area contributed by atoms with Crippen molar-refractivity contribution < 1.29 is 14.7 Å². The predicted molar refractivity (Wildman–Crippen MR) is 90.4 cm³/mol. The van der Waals surface area contributed by atoms with Crippen molar-refractivity contribution >= 4 is 17.6 Å². The van der Waals surface area contributed by atoms with E-state index < -0.39 is 17.3 Å². The summed E-state index contributed by atoms with van der Waals surface area (Å²) < 4.78 is 0. The number of carboxylic acid groups (broad SMARTS) is 1. The molecule has 1 saturated heterocycles. The zero-order valence-electron chi connectivity index (χ0n) is 14.1. The van der Waals surface area contributed by atoms with E-state index in [1.165, 1.54) is 0 Å². The largest absolute Gasteiger partial charge is 0.481 e. The van der Waals surface area contributed by atoms with Crippen molar-refractivity contribution in [3.05, 3.63) is 30.3 Å². The van der Waals surface area contributed by atoms with Crippen molar-refractivity contribution in [3.8, 4) is 0 Å². The molecule has 0 spiro atoms. The molecule has 1 aromatic rings. The minimum absolute atomic E-state index is 0.0342. The third-order valence-corrected chi connectivity index (χ3v) is 5.14. The van der Waals surface area contributed by atoms with E-state index in [9.17, 15) is 14.7 Å². The average molecular weight is 318 g/mol. The Balaban J connectivity index is 2.46. The average Bonchev–Trinajstić information content (AvgIpc) is 2.56. The number of rotatable bonds is 5. The van der Waals surface area contributed by atoms with Gasteiger partial charge in [0.1, 0.15) is 0 Å². The lowest BCUT2D eigenvalue weighted by molar-refractivity contribution is -0.147. The van der Waals surface area contributed by atoms with Crippen LogP contribution in [0, 0.1) is 11.3 Å². The normalized spacial score (nSPS) is 25.6. The minimum Gasteiger partial charge on any atom is -0.481 e. The van der Waals surface area contributed by atoms with E-state index in [1.54, 1.807) is 6.92 Å². The molecule has 2 rings (SSSR count). The Bertz CT molecular complexity index is 561. The highest BCUT2D eigenvalue weighted by Gasteiger charge is 2.48. The number of carbonyl (C=O) groups is 2. The number of anilines is 1. The molecule has 2 N–H and O–H groups in total. The summed E-state index contributed by atoms with van der Waals surface area (Å²) in [6.07, 6.45) is 1.14. The molecule has 1 fully saturated rings. The van der Waals surface area contributed by atoms with Crippen LogP contribution in [-0.4, -0.2) is 36.1 Å². The molecule has 1 aliphatic heterocycles. The van der Waals surface area contributed by atoms with Crippen LogP contribution in [0.25, 0.3) is 0 Å². The van der Waals surface area contributed by atoms with Crippen molar-refractivity contribution in [1.82, 2.24) is 5.32 Å². The third-order valence-electron chi connectivity index (χ3n) is 5.14. The summed E-state index contributed by atoms with van der Waals surface area (Å²) in [5.41, 5.74) is 0.320. The molecule has 1 amide bonds. The summed E-state index contributed by atoms with van der Waals surface area (Å²) in [5, 5.41) is 12.8. The van der Waals surface area contributed by atoms with Gasteiger partial charge >= 0.3 is 5.97 Å². The van der Waals surface area contributed by atoms with Crippen LogP contribution in [0.15, 0.2) is 30.3 Å². The Hall–Kier alpha value is -1.88. The maximum absolute atomic E-state index is 12.7. The zero-order chi connectivity index (χ0) is 17.0. The van der Waals surface area contributed by atoms with Crippen LogP contribution in [0.3, 0.4) is 0 Å². The summed E-state index contributed by atoms with van der Waals surface area (Å²) >= 11 is 0. The van der Waals surface area contributed by atoms with E-state index in [0.29, 0.717) is 13.0 Å². The molecule has 126 valence electrons. The molecular weight excluding hydrogens is 292 g/mol. The van der Waals surface area contributed by atoms with Gasteiger partial charge in [0.25, 0.3) is 0 Å². The molecule has 1 unspecified atom stereocenters. The van der Waals surface area contributed by atoms with Crippen molar-refractivity contribution in [3.63, 3.8) is 0 Å². The van der Waals surface area contributed by atoms with Crippen LogP contribution >= 0.6 is 0 Å². The van der Waals surface area contributed by atoms with Crippen molar-refractivity contribution in [2.45, 2.75) is 39.7 Å². The number of carboxylic acids is 1. The molecule has 1 heterocycles. The number of carbonyl (C=O) groups excluding carboxylic acids is 1. The van der Waals surface area contributed by atoms with Gasteiger partial charge in [0.2, 0.25) is 5.91 Å². The number of amides is 1. The number of nitrogens with one attached hydrogen (secondary N) is 1. The van der Waals surface area contributed by atoms with Gasteiger partial charge in [-0.15, -0.1) is 0 Å². The second-order valence-corrected chi connectivity index (χ2v) is 6.50. The monoisotopic (exact) mass is 318 g/mol. The maximum atomic E-state index is 12.7. The van der Waals surface area contributed by atoms with Crippen LogP contribution in [-0.2, 0) is 9.59 Å². The quantitative estimate of drug-likeness (QED) is 0.875. The zero-order valence-corrected chi connectivity index (χ0v) is 14.1. The van der Waals surface area contributed by atoms with Crippen molar-refractivity contribution in [1.29, 1.82) is 0 Å². The molecule has 0 bridgehead atoms. The number of para-hydroxylation sites is 1. The molecule has 0 radical (unpaired) electrons. The standard InChI is InChI=1S/C18H26N2O3/c1-4-16(21)20(14-8-6-5-7-9-14)15-10-11-19-12-18(15,3)13(2)17(22)23/h5-9,13,15,19H,4,10-12H2,1-3H3,(H,22,23)/t13?,15-,18+/m1/s1. The van der Waals surface area contributed by atoms with E-state index >= 15 is 0 Å². The van der Waals surface area contributed by atoms with E-state index in [0.717, 1.165) is 18.7 Å². The first kappa shape index (κ1) is 17.5. The molecule has 5 nitrogen and oxygen atoms in total. The van der Waals surface area contributed by atoms with Crippen LogP contribution in [0.1, 0.15) is 33.6 Å². The molecule has 3 atom stereocenters. The first-order valence-corrected chi connectivity index (χ1v) is 8.22. The fraction of sp³-hybridized carbons (Fsp3) is 0.556. The SMILES string of the molecule is CCC(=O)N(c1ccccc1)[C@@H]1CCNC[C@@]1(C)C(C)C(=O)O. The molecule has 0 aromatic heterocycles. The molecule has 0 saturated carbocycles. The Morgan fingerprint density at radius 3 is 2.61 bits per heavy atom. The maximum Gasteiger partial charge on any atom is 0.306 e. The highest BCUT2D eigenvalue weighted by Crippen LogP contribution is 2.39. The lowest BCUT2D eigenvalue weighted by atomic mass is 9.68. The van der Waals surface area contributed by atoms with Crippen LogP contribution < -0.4 is 10.2 Å². The number of hydrogen-bond donors (Lipinski definition) is 2. The Morgan fingerprint density at radius 1 is 1.39 bits per heavy atom. The lowest BCUT2D eigenvalue weighted by Crippen LogP contribution is -2.61. The highest BCUT2D eigenvalue weighted by molar-refractivity contribution is 5.94. The second-order valence-electron chi connectivity index (χ2n) is 6.50. The van der Waals surface area contributed by atoms with Gasteiger partial charge in [-0.05, 0) is 25.1 Å². The van der Waals surface area contributed by atoms with Crippen LogP contribution in [0.4, 0.5) is 5.69 Å². The second kappa shape index (κ2) is 7.13. The fourth-order valence-corrected chi connectivity index (χ4v) is 3.45. The van der Waals surface area contributed by atoms with Gasteiger partial charge in [0.15, 0.2) is 0 Å². The Morgan fingerprint density at radius 2 is 2.04 bits per heavy atom. The smallest absolute Gasteiger partial charge is 0.306 e. The molecule has 23 heavy (non-hydrogen) atoms. The molecular formula is C18H26N2O3. The molecule has 0 aliphatic carbocycles.